The molecule has 9 heteroatoms. The van der Waals surface area contributed by atoms with Crippen molar-refractivity contribution in [3.05, 3.63) is 65.9 Å². The van der Waals surface area contributed by atoms with Gasteiger partial charge in [0.2, 0.25) is 5.95 Å². The number of rotatable bonds is 8. The summed E-state index contributed by atoms with van der Waals surface area (Å²) in [4.78, 5) is 21.4. The lowest BCUT2D eigenvalue weighted by molar-refractivity contribution is 0.0527. The first-order chi connectivity index (χ1) is 15.6. The maximum Gasteiger partial charge on any atom is 0.343 e. The molecule has 32 heavy (non-hydrogen) atoms. The molecule has 0 saturated carbocycles. The monoisotopic (exact) mass is 433 g/mol. The van der Waals surface area contributed by atoms with E-state index in [2.05, 4.69) is 20.4 Å². The normalized spacial score (nSPS) is 10.7. The van der Waals surface area contributed by atoms with Gasteiger partial charge in [0.25, 0.3) is 0 Å². The zero-order valence-corrected chi connectivity index (χ0v) is 18.0. The van der Waals surface area contributed by atoms with E-state index in [1.165, 1.54) is 10.7 Å². The van der Waals surface area contributed by atoms with Gasteiger partial charge in [0.1, 0.15) is 5.56 Å². The molecule has 4 rings (SSSR count). The number of fused-ring (bicyclic) bond motifs is 1. The van der Waals surface area contributed by atoms with Gasteiger partial charge in [0, 0.05) is 18.3 Å². The maximum atomic E-state index is 12.4. The Balaban J connectivity index is 1.70. The molecular weight excluding hydrogens is 410 g/mol. The number of aromatic nitrogens is 4. The summed E-state index contributed by atoms with van der Waals surface area (Å²) in [5.41, 5.74) is 2.40. The molecule has 0 unspecified atom stereocenters. The van der Waals surface area contributed by atoms with Crippen LogP contribution in [0.5, 0.6) is 11.5 Å². The number of esters is 1. The Morgan fingerprint density at radius 2 is 1.84 bits per heavy atom. The van der Waals surface area contributed by atoms with Gasteiger partial charge in [-0.1, -0.05) is 36.4 Å². The van der Waals surface area contributed by atoms with Gasteiger partial charge in [0.15, 0.2) is 23.0 Å². The third-order valence-electron chi connectivity index (χ3n) is 4.79. The Morgan fingerprint density at radius 1 is 1.06 bits per heavy atom. The second-order valence-electron chi connectivity index (χ2n) is 6.80. The number of carbonyl (C=O) groups excluding carboxylic acids is 1. The minimum Gasteiger partial charge on any atom is -0.493 e. The highest BCUT2D eigenvalue weighted by molar-refractivity contribution is 5.96. The van der Waals surface area contributed by atoms with E-state index in [4.69, 9.17) is 14.2 Å². The predicted octanol–water partition coefficient (Wildman–Crippen LogP) is 3.60. The molecule has 0 atom stereocenters. The van der Waals surface area contributed by atoms with Crippen LogP contribution in [0.1, 0.15) is 22.8 Å². The average Bonchev–Trinajstić information content (AvgIpc) is 3.28. The van der Waals surface area contributed by atoms with Gasteiger partial charge in [-0.15, -0.1) is 5.10 Å². The number of ether oxygens (including phenoxy) is 3. The second-order valence-corrected chi connectivity index (χ2v) is 6.80. The van der Waals surface area contributed by atoms with Gasteiger partial charge in [0.05, 0.1) is 20.8 Å². The number of methoxy groups -OCH3 is 2. The van der Waals surface area contributed by atoms with Crippen LogP contribution in [0, 0.1) is 0 Å². The van der Waals surface area contributed by atoms with Crippen LogP contribution in [0.4, 0.5) is 5.95 Å². The third-order valence-corrected chi connectivity index (χ3v) is 4.79. The molecule has 0 amide bonds. The first-order valence-electron chi connectivity index (χ1n) is 10.1. The largest absolute Gasteiger partial charge is 0.493 e. The number of hydrogen-bond acceptors (Lipinski definition) is 8. The van der Waals surface area contributed by atoms with E-state index >= 15 is 0 Å². The van der Waals surface area contributed by atoms with Gasteiger partial charge in [-0.05, 0) is 24.6 Å². The number of benzene rings is 2. The van der Waals surface area contributed by atoms with Gasteiger partial charge in [-0.25, -0.2) is 14.8 Å². The van der Waals surface area contributed by atoms with Crippen LogP contribution in [0.2, 0.25) is 0 Å². The molecule has 0 aliphatic heterocycles. The third kappa shape index (κ3) is 4.18. The summed E-state index contributed by atoms with van der Waals surface area (Å²) >= 11 is 0. The number of anilines is 1. The summed E-state index contributed by atoms with van der Waals surface area (Å²) in [6, 6.07) is 15.2. The fraction of sp³-hybridized carbons (Fsp3) is 0.217. The molecule has 0 radical (unpaired) electrons. The van der Waals surface area contributed by atoms with Crippen molar-refractivity contribution in [3.63, 3.8) is 0 Å². The van der Waals surface area contributed by atoms with Gasteiger partial charge in [-0.2, -0.15) is 4.52 Å². The van der Waals surface area contributed by atoms with Crippen molar-refractivity contribution in [2.24, 2.45) is 0 Å². The summed E-state index contributed by atoms with van der Waals surface area (Å²) in [5.74, 6) is 1.72. The number of hydrogen-bond donors (Lipinski definition) is 1. The molecule has 0 aliphatic carbocycles. The Labute approximate surface area is 185 Å². The van der Waals surface area contributed by atoms with Gasteiger partial charge < -0.3 is 19.5 Å². The summed E-state index contributed by atoms with van der Waals surface area (Å²) in [5, 5.41) is 7.84. The molecular formula is C23H23N5O4. The lowest BCUT2D eigenvalue weighted by Crippen LogP contribution is -2.12. The topological polar surface area (TPSA) is 99.9 Å². The minimum absolute atomic E-state index is 0.248. The molecule has 1 N–H and O–H groups in total. The first kappa shape index (κ1) is 21.1. The van der Waals surface area contributed by atoms with Gasteiger partial charge in [-0.3, -0.25) is 0 Å². The number of carbonyl (C=O) groups is 1. The van der Waals surface area contributed by atoms with Crippen LogP contribution in [-0.2, 0) is 11.3 Å². The molecule has 2 heterocycles. The molecule has 0 saturated heterocycles. The standard InChI is InChI=1S/C23H23N5O4/c1-4-32-22(29)17-14-25-23(24-13-15-10-11-18(30-2)19(12-15)31-3)28-21(17)26-20(27-28)16-8-6-5-7-9-16/h5-12,14H,4,13H2,1-3H3,(H,24,25). The Kier molecular flexibility index (Phi) is 6.16. The highest BCUT2D eigenvalue weighted by Gasteiger charge is 2.19. The fourth-order valence-corrected chi connectivity index (χ4v) is 3.23. The highest BCUT2D eigenvalue weighted by atomic mass is 16.5. The molecule has 2 aromatic heterocycles. The molecule has 2 aromatic carbocycles. The predicted molar refractivity (Wildman–Crippen MR) is 119 cm³/mol. The summed E-state index contributed by atoms with van der Waals surface area (Å²) in [6.45, 7) is 2.45. The van der Waals surface area contributed by atoms with Crippen LogP contribution in [-0.4, -0.2) is 46.4 Å². The van der Waals surface area contributed by atoms with Gasteiger partial charge >= 0.3 is 5.97 Å². The van der Waals surface area contributed by atoms with Crippen LogP contribution in [0.25, 0.3) is 17.0 Å². The van der Waals surface area contributed by atoms with Crippen LogP contribution < -0.4 is 14.8 Å². The van der Waals surface area contributed by atoms with E-state index in [0.717, 1.165) is 11.1 Å². The van der Waals surface area contributed by atoms with Crippen molar-refractivity contribution in [2.45, 2.75) is 13.5 Å². The van der Waals surface area contributed by atoms with E-state index in [-0.39, 0.29) is 12.2 Å². The molecule has 0 bridgehead atoms. The first-order valence-corrected chi connectivity index (χ1v) is 10.1. The lowest BCUT2D eigenvalue weighted by atomic mass is 10.2. The minimum atomic E-state index is -0.497. The van der Waals surface area contributed by atoms with E-state index in [1.807, 2.05) is 48.5 Å². The van der Waals surface area contributed by atoms with Crippen molar-refractivity contribution in [1.29, 1.82) is 0 Å². The van der Waals surface area contributed by atoms with Crippen molar-refractivity contribution in [2.75, 3.05) is 26.1 Å². The molecule has 164 valence electrons. The quantitative estimate of drug-likeness (QED) is 0.421. The zero-order valence-electron chi connectivity index (χ0n) is 18.0. The smallest absolute Gasteiger partial charge is 0.343 e. The Hall–Kier alpha value is -4.14. The maximum absolute atomic E-state index is 12.4. The lowest BCUT2D eigenvalue weighted by Gasteiger charge is -2.11. The molecule has 0 spiro atoms. The zero-order chi connectivity index (χ0) is 22.5. The van der Waals surface area contributed by atoms with E-state index in [9.17, 15) is 4.79 Å². The molecule has 4 aromatic rings. The average molecular weight is 433 g/mol. The van der Waals surface area contributed by atoms with E-state index in [0.29, 0.717) is 35.5 Å². The van der Waals surface area contributed by atoms with Crippen molar-refractivity contribution < 1.29 is 19.0 Å². The van der Waals surface area contributed by atoms with Crippen molar-refractivity contribution >= 4 is 17.6 Å². The Morgan fingerprint density at radius 3 is 2.56 bits per heavy atom. The summed E-state index contributed by atoms with van der Waals surface area (Å²) in [7, 11) is 3.19. The van der Waals surface area contributed by atoms with E-state index in [1.54, 1.807) is 21.1 Å². The summed E-state index contributed by atoms with van der Waals surface area (Å²) in [6.07, 6.45) is 1.45. The highest BCUT2D eigenvalue weighted by Crippen LogP contribution is 2.28. The molecule has 9 nitrogen and oxygen atoms in total. The summed E-state index contributed by atoms with van der Waals surface area (Å²) < 4.78 is 17.3. The van der Waals surface area contributed by atoms with Crippen LogP contribution >= 0.6 is 0 Å². The van der Waals surface area contributed by atoms with E-state index < -0.39 is 5.97 Å². The van der Waals surface area contributed by atoms with Crippen molar-refractivity contribution in [1.82, 2.24) is 19.6 Å². The van der Waals surface area contributed by atoms with Crippen LogP contribution in [0.15, 0.2) is 54.7 Å². The Bertz CT molecular complexity index is 1240. The number of nitrogens with one attached hydrogen (secondary N) is 1. The SMILES string of the molecule is CCOC(=O)c1cnc(NCc2ccc(OC)c(OC)c2)n2nc(-c3ccccc3)nc12. The molecule has 0 fully saturated rings. The van der Waals surface area contributed by atoms with Crippen molar-refractivity contribution in [3.8, 4) is 22.9 Å². The second kappa shape index (κ2) is 9.34. The van der Waals surface area contributed by atoms with Crippen LogP contribution in [0.3, 0.4) is 0 Å². The molecule has 0 aliphatic rings. The number of nitrogens with zero attached hydrogens (tertiary/aromatic N) is 4. The fourth-order valence-electron chi connectivity index (χ4n) is 3.23.